The van der Waals surface area contributed by atoms with Gasteiger partial charge in [-0.1, -0.05) is 43.3 Å². The number of benzene rings is 2. The van der Waals surface area contributed by atoms with Crippen LogP contribution in [-0.2, 0) is 26.2 Å². The van der Waals surface area contributed by atoms with E-state index in [2.05, 4.69) is 5.32 Å². The van der Waals surface area contributed by atoms with Crippen LogP contribution in [0.3, 0.4) is 0 Å². The Bertz CT molecular complexity index is 1050. The lowest BCUT2D eigenvalue weighted by Crippen LogP contribution is -2.48. The van der Waals surface area contributed by atoms with Crippen LogP contribution < -0.4 is 9.62 Å². The Kier molecular flexibility index (Phi) is 9.46. The van der Waals surface area contributed by atoms with Gasteiger partial charge in [0.25, 0.3) is 0 Å². The highest BCUT2D eigenvalue weighted by molar-refractivity contribution is 7.92. The molecule has 0 heterocycles. The fourth-order valence-electron chi connectivity index (χ4n) is 3.75. The smallest absolute Gasteiger partial charge is 0.242 e. The molecule has 0 spiro atoms. The maximum absolute atomic E-state index is 13.2. The summed E-state index contributed by atoms with van der Waals surface area (Å²) < 4.78 is 26.2. The Morgan fingerprint density at radius 1 is 1.03 bits per heavy atom. The lowest BCUT2D eigenvalue weighted by molar-refractivity contribution is -0.141. The molecule has 0 bridgehead atoms. The van der Waals surface area contributed by atoms with E-state index >= 15 is 0 Å². The Morgan fingerprint density at radius 3 is 2.24 bits per heavy atom. The number of hydrogen-bond acceptors (Lipinski definition) is 4. The van der Waals surface area contributed by atoms with Gasteiger partial charge in [-0.2, -0.15) is 0 Å². The molecule has 2 aromatic rings. The standard InChI is InChI=1S/C25H35N3O4S/c1-6-23(25(30)26-4)27(18-21-11-8-7-9-12-21)24(29)13-10-16-28(33(5,31)32)22-15-14-19(2)20(3)17-22/h7-9,11-12,14-15,17,23H,6,10,13,16,18H2,1-5H3,(H,26,30)/t23-/m0/s1. The number of nitrogens with one attached hydrogen (secondary N) is 1. The number of sulfonamides is 1. The molecule has 0 radical (unpaired) electrons. The Hall–Kier alpha value is -2.87. The van der Waals surface area contributed by atoms with E-state index < -0.39 is 16.1 Å². The minimum atomic E-state index is -3.51. The molecule has 0 unspecified atom stereocenters. The van der Waals surface area contributed by atoms with Crippen molar-refractivity contribution < 1.29 is 18.0 Å². The number of anilines is 1. The van der Waals surface area contributed by atoms with Crippen LogP contribution in [0.15, 0.2) is 48.5 Å². The third-order valence-electron chi connectivity index (χ3n) is 5.76. The monoisotopic (exact) mass is 473 g/mol. The highest BCUT2D eigenvalue weighted by Crippen LogP contribution is 2.22. The van der Waals surface area contributed by atoms with Gasteiger partial charge in [0, 0.05) is 26.6 Å². The van der Waals surface area contributed by atoms with Gasteiger partial charge in [0.1, 0.15) is 6.04 Å². The van der Waals surface area contributed by atoms with Crippen LogP contribution in [0, 0.1) is 13.8 Å². The molecule has 0 aromatic heterocycles. The highest BCUT2D eigenvalue weighted by Gasteiger charge is 2.28. The SMILES string of the molecule is CC[C@@H](C(=O)NC)N(Cc1ccccc1)C(=O)CCCN(c1ccc(C)c(C)c1)S(C)(=O)=O. The molecule has 33 heavy (non-hydrogen) atoms. The average molecular weight is 474 g/mol. The maximum Gasteiger partial charge on any atom is 0.242 e. The summed E-state index contributed by atoms with van der Waals surface area (Å²) in [5.41, 5.74) is 3.61. The minimum Gasteiger partial charge on any atom is -0.357 e. The predicted molar refractivity (Wildman–Crippen MR) is 132 cm³/mol. The summed E-state index contributed by atoms with van der Waals surface area (Å²) in [7, 11) is -1.95. The third-order valence-corrected chi connectivity index (χ3v) is 6.95. The van der Waals surface area contributed by atoms with Gasteiger partial charge in [-0.05, 0) is 55.5 Å². The molecule has 2 rings (SSSR count). The van der Waals surface area contributed by atoms with E-state index in [4.69, 9.17) is 0 Å². The van der Waals surface area contributed by atoms with Crippen molar-refractivity contribution in [3.63, 3.8) is 0 Å². The highest BCUT2D eigenvalue weighted by atomic mass is 32.2. The van der Waals surface area contributed by atoms with Gasteiger partial charge in [0.15, 0.2) is 0 Å². The fraction of sp³-hybridized carbons (Fsp3) is 0.440. The van der Waals surface area contributed by atoms with E-state index in [1.807, 2.05) is 63.2 Å². The molecule has 7 nitrogen and oxygen atoms in total. The molecule has 0 aliphatic rings. The topological polar surface area (TPSA) is 86.8 Å². The van der Waals surface area contributed by atoms with Crippen molar-refractivity contribution in [2.75, 3.05) is 24.2 Å². The van der Waals surface area contributed by atoms with Crippen LogP contribution in [-0.4, -0.2) is 51.0 Å². The van der Waals surface area contributed by atoms with Gasteiger partial charge in [-0.15, -0.1) is 0 Å². The number of carbonyl (C=O) groups is 2. The van der Waals surface area contributed by atoms with Crippen molar-refractivity contribution in [3.8, 4) is 0 Å². The Labute approximate surface area is 197 Å². The molecular formula is C25H35N3O4S. The number of hydrogen-bond donors (Lipinski definition) is 1. The summed E-state index contributed by atoms with van der Waals surface area (Å²) in [6, 6.07) is 14.5. The number of carbonyl (C=O) groups excluding carboxylic acids is 2. The zero-order chi connectivity index (χ0) is 24.6. The first-order valence-corrected chi connectivity index (χ1v) is 13.0. The van der Waals surface area contributed by atoms with Crippen LogP contribution in [0.4, 0.5) is 5.69 Å². The molecule has 0 aliphatic heterocycles. The molecule has 2 amide bonds. The summed E-state index contributed by atoms with van der Waals surface area (Å²) in [6.45, 7) is 6.28. The molecule has 1 atom stereocenters. The van der Waals surface area contributed by atoms with Crippen LogP contribution in [0.25, 0.3) is 0 Å². The summed E-state index contributed by atoms with van der Waals surface area (Å²) in [4.78, 5) is 27.2. The summed E-state index contributed by atoms with van der Waals surface area (Å²) in [5, 5.41) is 2.64. The zero-order valence-corrected chi connectivity index (χ0v) is 21.0. The lowest BCUT2D eigenvalue weighted by Gasteiger charge is -2.30. The van der Waals surface area contributed by atoms with E-state index in [1.54, 1.807) is 18.0 Å². The van der Waals surface area contributed by atoms with Gasteiger partial charge >= 0.3 is 0 Å². The molecule has 2 aromatic carbocycles. The summed E-state index contributed by atoms with van der Waals surface area (Å²) in [6.07, 6.45) is 2.13. The minimum absolute atomic E-state index is 0.136. The number of rotatable bonds is 11. The van der Waals surface area contributed by atoms with Gasteiger partial charge < -0.3 is 10.2 Å². The molecule has 0 saturated heterocycles. The molecular weight excluding hydrogens is 438 g/mol. The van der Waals surface area contributed by atoms with Gasteiger partial charge in [0.2, 0.25) is 21.8 Å². The van der Waals surface area contributed by atoms with Crippen LogP contribution in [0.1, 0.15) is 42.9 Å². The van der Waals surface area contributed by atoms with E-state index in [0.717, 1.165) is 16.7 Å². The summed E-state index contributed by atoms with van der Waals surface area (Å²) in [5.74, 6) is -0.391. The van der Waals surface area contributed by atoms with Crippen LogP contribution in [0.5, 0.6) is 0 Å². The van der Waals surface area contributed by atoms with Gasteiger partial charge in [-0.25, -0.2) is 8.42 Å². The first-order valence-electron chi connectivity index (χ1n) is 11.2. The van der Waals surface area contributed by atoms with E-state index in [-0.39, 0.29) is 24.8 Å². The molecule has 0 fully saturated rings. The number of aryl methyl sites for hydroxylation is 2. The second-order valence-corrected chi connectivity index (χ2v) is 10.2. The first-order chi connectivity index (χ1) is 15.6. The van der Waals surface area contributed by atoms with E-state index in [9.17, 15) is 18.0 Å². The lowest BCUT2D eigenvalue weighted by atomic mass is 10.1. The quantitative estimate of drug-likeness (QED) is 0.542. The fourth-order valence-corrected chi connectivity index (χ4v) is 4.71. The number of amides is 2. The number of likely N-dealkylation sites (N-methyl/N-ethyl adjacent to an activating group) is 1. The van der Waals surface area contributed by atoms with Crippen molar-refractivity contribution in [2.45, 2.75) is 52.6 Å². The second-order valence-electron chi connectivity index (χ2n) is 8.25. The Balaban J connectivity index is 2.18. The number of nitrogens with zero attached hydrogens (tertiary/aromatic N) is 2. The zero-order valence-electron chi connectivity index (χ0n) is 20.2. The maximum atomic E-state index is 13.2. The average Bonchev–Trinajstić information content (AvgIpc) is 2.78. The van der Waals surface area contributed by atoms with Crippen molar-refractivity contribution >= 4 is 27.5 Å². The second kappa shape index (κ2) is 11.8. The molecule has 8 heteroatoms. The van der Waals surface area contributed by atoms with Crippen LogP contribution in [0.2, 0.25) is 0 Å². The van der Waals surface area contributed by atoms with Crippen molar-refractivity contribution in [1.29, 1.82) is 0 Å². The normalized spacial score (nSPS) is 12.2. The molecule has 0 aliphatic carbocycles. The van der Waals surface area contributed by atoms with Crippen LogP contribution >= 0.6 is 0 Å². The van der Waals surface area contributed by atoms with Gasteiger partial charge in [-0.3, -0.25) is 13.9 Å². The van der Waals surface area contributed by atoms with Crippen molar-refractivity contribution in [3.05, 3.63) is 65.2 Å². The molecule has 1 N–H and O–H groups in total. The van der Waals surface area contributed by atoms with Crippen molar-refractivity contribution in [1.82, 2.24) is 10.2 Å². The van der Waals surface area contributed by atoms with E-state index in [1.165, 1.54) is 10.6 Å². The first kappa shape index (κ1) is 26.4. The summed E-state index contributed by atoms with van der Waals surface area (Å²) >= 11 is 0. The van der Waals surface area contributed by atoms with E-state index in [0.29, 0.717) is 25.1 Å². The predicted octanol–water partition coefficient (Wildman–Crippen LogP) is 3.40. The molecule has 180 valence electrons. The molecule has 0 saturated carbocycles. The van der Waals surface area contributed by atoms with Crippen molar-refractivity contribution in [2.24, 2.45) is 0 Å². The Morgan fingerprint density at radius 2 is 1.70 bits per heavy atom. The van der Waals surface area contributed by atoms with Gasteiger partial charge in [0.05, 0.1) is 11.9 Å². The third kappa shape index (κ3) is 7.32. The largest absolute Gasteiger partial charge is 0.357 e.